The molecule has 0 spiro atoms. The molecule has 1 aliphatic rings. The van der Waals surface area contributed by atoms with Gasteiger partial charge < -0.3 is 10.3 Å². The van der Waals surface area contributed by atoms with Crippen LogP contribution in [0.3, 0.4) is 0 Å². The van der Waals surface area contributed by atoms with Crippen molar-refractivity contribution in [2.45, 2.75) is 23.9 Å². The summed E-state index contributed by atoms with van der Waals surface area (Å²) in [6.07, 6.45) is 5.80. The topological polar surface area (TPSA) is 66.5 Å². The van der Waals surface area contributed by atoms with Crippen LogP contribution in [0.1, 0.15) is 12.8 Å². The zero-order chi connectivity index (χ0) is 10.8. The molecule has 5 nitrogen and oxygen atoms in total. The van der Waals surface area contributed by atoms with Crippen LogP contribution in [0.15, 0.2) is 17.7 Å². The zero-order valence-corrected chi connectivity index (χ0v) is 9.63. The molecule has 1 atom stereocenters. The lowest BCUT2D eigenvalue weighted by Crippen LogP contribution is -2.23. The summed E-state index contributed by atoms with van der Waals surface area (Å²) in [5.74, 6) is 1.06. The predicted octanol–water partition coefficient (Wildman–Crippen LogP) is 1.20. The number of imidazole rings is 1. The molecule has 2 aromatic heterocycles. The minimum absolute atomic E-state index is 0.623. The Balaban J connectivity index is 1.75. The van der Waals surface area contributed by atoms with E-state index in [0.717, 1.165) is 28.5 Å². The maximum Gasteiger partial charge on any atom is 0.181 e. The van der Waals surface area contributed by atoms with Crippen LogP contribution in [0.4, 0.5) is 0 Å². The first-order valence-corrected chi connectivity index (χ1v) is 6.42. The van der Waals surface area contributed by atoms with E-state index in [4.69, 9.17) is 0 Å². The van der Waals surface area contributed by atoms with Crippen LogP contribution in [0.2, 0.25) is 0 Å². The fourth-order valence-electron chi connectivity index (χ4n) is 1.93. The first-order valence-electron chi connectivity index (χ1n) is 5.44. The van der Waals surface area contributed by atoms with Gasteiger partial charge >= 0.3 is 0 Å². The van der Waals surface area contributed by atoms with Gasteiger partial charge in [-0.25, -0.2) is 15.0 Å². The van der Waals surface area contributed by atoms with E-state index in [9.17, 15) is 0 Å². The number of nitrogens with one attached hydrogen (secondary N) is 2. The molecule has 16 heavy (non-hydrogen) atoms. The van der Waals surface area contributed by atoms with Gasteiger partial charge in [-0.05, 0) is 19.4 Å². The molecule has 1 aliphatic heterocycles. The first kappa shape index (κ1) is 10.0. The van der Waals surface area contributed by atoms with Crippen molar-refractivity contribution in [3.8, 4) is 0 Å². The van der Waals surface area contributed by atoms with Crippen LogP contribution >= 0.6 is 11.8 Å². The molecule has 1 fully saturated rings. The molecule has 0 aliphatic carbocycles. The van der Waals surface area contributed by atoms with E-state index in [-0.39, 0.29) is 0 Å². The Morgan fingerprint density at radius 1 is 1.38 bits per heavy atom. The highest BCUT2D eigenvalue weighted by Gasteiger charge is 2.15. The van der Waals surface area contributed by atoms with Gasteiger partial charge in [0.05, 0.1) is 6.33 Å². The second-order valence-corrected chi connectivity index (χ2v) is 4.89. The summed E-state index contributed by atoms with van der Waals surface area (Å²) >= 11 is 1.77. The molecule has 6 heteroatoms. The van der Waals surface area contributed by atoms with Gasteiger partial charge in [0.25, 0.3) is 0 Å². The van der Waals surface area contributed by atoms with E-state index in [1.165, 1.54) is 12.8 Å². The van der Waals surface area contributed by atoms with E-state index in [2.05, 4.69) is 25.3 Å². The van der Waals surface area contributed by atoms with Crippen molar-refractivity contribution < 1.29 is 0 Å². The van der Waals surface area contributed by atoms with Crippen molar-refractivity contribution >= 4 is 22.9 Å². The average Bonchev–Trinajstić information content (AvgIpc) is 2.97. The van der Waals surface area contributed by atoms with Crippen molar-refractivity contribution in [3.63, 3.8) is 0 Å². The second kappa shape index (κ2) is 4.39. The van der Waals surface area contributed by atoms with Gasteiger partial charge in [0.1, 0.15) is 16.9 Å². The highest BCUT2D eigenvalue weighted by atomic mass is 32.2. The standard InChI is InChI=1S/C10H13N5S/c1-2-7(11-3-1)4-16-10-8-9(13-5-12-8)14-6-15-10/h5-7,11H,1-4H2,(H,12,13,14,15)/t7-/m1/s1. The van der Waals surface area contributed by atoms with Crippen molar-refractivity contribution in [2.24, 2.45) is 0 Å². The van der Waals surface area contributed by atoms with E-state index in [0.29, 0.717) is 6.04 Å². The van der Waals surface area contributed by atoms with Gasteiger partial charge in [0, 0.05) is 11.8 Å². The Morgan fingerprint density at radius 3 is 3.25 bits per heavy atom. The molecule has 2 N–H and O–H groups in total. The van der Waals surface area contributed by atoms with E-state index < -0.39 is 0 Å². The highest BCUT2D eigenvalue weighted by Crippen LogP contribution is 2.23. The predicted molar refractivity (Wildman–Crippen MR) is 63.4 cm³/mol. The third kappa shape index (κ3) is 1.90. The lowest BCUT2D eigenvalue weighted by molar-refractivity contribution is 0.673. The summed E-state index contributed by atoms with van der Waals surface area (Å²) < 4.78 is 0. The Kier molecular flexibility index (Phi) is 2.75. The number of nitrogens with zero attached hydrogens (tertiary/aromatic N) is 3. The number of aromatic nitrogens is 4. The monoisotopic (exact) mass is 235 g/mol. The van der Waals surface area contributed by atoms with Gasteiger partial charge in [-0.2, -0.15) is 0 Å². The molecule has 2 aromatic rings. The quantitative estimate of drug-likeness (QED) is 0.618. The van der Waals surface area contributed by atoms with Gasteiger partial charge in [-0.15, -0.1) is 11.8 Å². The molecule has 0 unspecified atom stereocenters. The molecule has 84 valence electrons. The largest absolute Gasteiger partial charge is 0.341 e. The summed E-state index contributed by atoms with van der Waals surface area (Å²) in [4.78, 5) is 15.6. The second-order valence-electron chi connectivity index (χ2n) is 3.88. The van der Waals surface area contributed by atoms with Crippen molar-refractivity contribution in [1.82, 2.24) is 25.3 Å². The van der Waals surface area contributed by atoms with Gasteiger partial charge in [0.15, 0.2) is 5.65 Å². The van der Waals surface area contributed by atoms with E-state index in [1.807, 2.05) is 0 Å². The van der Waals surface area contributed by atoms with E-state index in [1.54, 1.807) is 24.4 Å². The fourth-order valence-corrected chi connectivity index (χ4v) is 2.99. The highest BCUT2D eigenvalue weighted by molar-refractivity contribution is 7.99. The Morgan fingerprint density at radius 2 is 2.38 bits per heavy atom. The number of hydrogen-bond donors (Lipinski definition) is 2. The van der Waals surface area contributed by atoms with Crippen LogP contribution in [0, 0.1) is 0 Å². The number of rotatable bonds is 3. The zero-order valence-electron chi connectivity index (χ0n) is 8.81. The molecule has 0 aromatic carbocycles. The molecular weight excluding hydrogens is 222 g/mol. The number of H-pyrrole nitrogens is 1. The van der Waals surface area contributed by atoms with Crippen molar-refractivity contribution in [2.75, 3.05) is 12.3 Å². The van der Waals surface area contributed by atoms with Gasteiger partial charge in [0.2, 0.25) is 0 Å². The van der Waals surface area contributed by atoms with Crippen LogP contribution in [0.5, 0.6) is 0 Å². The molecule has 0 bridgehead atoms. The number of thioether (sulfide) groups is 1. The summed E-state index contributed by atoms with van der Waals surface area (Å²) in [7, 11) is 0. The van der Waals surface area contributed by atoms with E-state index >= 15 is 0 Å². The van der Waals surface area contributed by atoms with Crippen LogP contribution < -0.4 is 5.32 Å². The number of aromatic amines is 1. The molecule has 0 amide bonds. The summed E-state index contributed by atoms with van der Waals surface area (Å²) in [5.41, 5.74) is 1.70. The minimum atomic E-state index is 0.623. The maximum absolute atomic E-state index is 4.29. The van der Waals surface area contributed by atoms with Crippen LogP contribution in [0.25, 0.3) is 11.2 Å². The smallest absolute Gasteiger partial charge is 0.181 e. The summed E-state index contributed by atoms with van der Waals surface area (Å²) in [6.45, 7) is 1.15. The van der Waals surface area contributed by atoms with Crippen molar-refractivity contribution in [1.29, 1.82) is 0 Å². The number of fused-ring (bicyclic) bond motifs is 1. The average molecular weight is 235 g/mol. The molecular formula is C10H13N5S. The normalized spacial score (nSPS) is 20.6. The lowest BCUT2D eigenvalue weighted by Gasteiger charge is -2.08. The lowest BCUT2D eigenvalue weighted by atomic mass is 10.3. The third-order valence-corrected chi connectivity index (χ3v) is 3.92. The SMILES string of the molecule is c1nc(SC[C@H]2CCCN2)c2[nH]cnc2n1. The Bertz CT molecular complexity index is 477. The minimum Gasteiger partial charge on any atom is -0.341 e. The number of hydrogen-bond acceptors (Lipinski definition) is 5. The molecule has 3 heterocycles. The Hall–Kier alpha value is -1.14. The van der Waals surface area contributed by atoms with Crippen LogP contribution in [-0.4, -0.2) is 38.3 Å². The molecule has 3 rings (SSSR count). The van der Waals surface area contributed by atoms with Gasteiger partial charge in [-0.3, -0.25) is 0 Å². The maximum atomic E-state index is 4.29. The van der Waals surface area contributed by atoms with Crippen LogP contribution in [-0.2, 0) is 0 Å². The van der Waals surface area contributed by atoms with Crippen molar-refractivity contribution in [3.05, 3.63) is 12.7 Å². The molecule has 0 saturated carbocycles. The Labute approximate surface area is 97.5 Å². The molecule has 1 saturated heterocycles. The summed E-state index contributed by atoms with van der Waals surface area (Å²) in [6, 6.07) is 0.623. The molecule has 0 radical (unpaired) electrons. The van der Waals surface area contributed by atoms with Gasteiger partial charge in [-0.1, -0.05) is 0 Å². The first-order chi connectivity index (χ1) is 7.93. The fraction of sp³-hybridized carbons (Fsp3) is 0.500. The summed E-state index contributed by atoms with van der Waals surface area (Å²) in [5, 5.41) is 4.48. The third-order valence-electron chi connectivity index (χ3n) is 2.77.